The number of hydrogen-bond acceptors (Lipinski definition) is 4. The first-order valence-corrected chi connectivity index (χ1v) is 10.0. The van der Waals surface area contributed by atoms with E-state index in [0.29, 0.717) is 36.2 Å². The van der Waals surface area contributed by atoms with Crippen molar-refractivity contribution in [2.24, 2.45) is 10.9 Å². The Balaban J connectivity index is 0.00000320. The molecule has 2 atom stereocenters. The van der Waals surface area contributed by atoms with E-state index >= 15 is 0 Å². The van der Waals surface area contributed by atoms with Gasteiger partial charge in [0.15, 0.2) is 5.96 Å². The van der Waals surface area contributed by atoms with Crippen LogP contribution in [0.4, 0.5) is 4.39 Å². The van der Waals surface area contributed by atoms with Crippen LogP contribution in [0.1, 0.15) is 26.3 Å². The second kappa shape index (κ2) is 11.5. The van der Waals surface area contributed by atoms with E-state index in [1.165, 1.54) is 12.1 Å². The number of benzene rings is 1. The van der Waals surface area contributed by atoms with Gasteiger partial charge in [0.2, 0.25) is 5.88 Å². The number of nitrogens with one attached hydrogen (secondary N) is 2. The number of ether oxygens (including phenoxy) is 1. The zero-order valence-electron chi connectivity index (χ0n) is 17.9. The van der Waals surface area contributed by atoms with Gasteiger partial charge in [-0.2, -0.15) is 0 Å². The maximum atomic E-state index is 13.4. The molecule has 1 aromatic heterocycles. The predicted molar refractivity (Wildman–Crippen MR) is 129 cm³/mol. The van der Waals surface area contributed by atoms with Crippen molar-refractivity contribution in [2.75, 3.05) is 20.1 Å². The van der Waals surface area contributed by atoms with Gasteiger partial charge < -0.3 is 15.4 Å². The van der Waals surface area contributed by atoms with Gasteiger partial charge in [0.25, 0.3) is 0 Å². The molecule has 30 heavy (non-hydrogen) atoms. The zero-order chi connectivity index (χ0) is 20.8. The van der Waals surface area contributed by atoms with E-state index in [4.69, 9.17) is 4.74 Å². The molecular formula is C22H31FIN5O. The fourth-order valence-electron chi connectivity index (χ4n) is 3.46. The average molecular weight is 527 g/mol. The van der Waals surface area contributed by atoms with Crippen LogP contribution in [-0.4, -0.2) is 48.1 Å². The number of hydrogen-bond donors (Lipinski definition) is 2. The van der Waals surface area contributed by atoms with Gasteiger partial charge in [-0.1, -0.05) is 19.1 Å². The summed E-state index contributed by atoms with van der Waals surface area (Å²) in [6.45, 7) is 9.29. The van der Waals surface area contributed by atoms with Gasteiger partial charge in [0, 0.05) is 56.6 Å². The van der Waals surface area contributed by atoms with Crippen molar-refractivity contribution in [2.45, 2.75) is 39.4 Å². The molecule has 2 N–H and O–H groups in total. The van der Waals surface area contributed by atoms with Crippen LogP contribution >= 0.6 is 24.0 Å². The first-order valence-electron chi connectivity index (χ1n) is 10.0. The molecule has 1 saturated heterocycles. The number of aromatic nitrogens is 1. The van der Waals surface area contributed by atoms with E-state index in [1.807, 2.05) is 12.1 Å². The Labute approximate surface area is 195 Å². The Morgan fingerprint density at radius 1 is 1.30 bits per heavy atom. The van der Waals surface area contributed by atoms with Crippen LogP contribution in [0.25, 0.3) is 0 Å². The molecule has 6 nitrogen and oxygen atoms in total. The Kier molecular flexibility index (Phi) is 9.29. The maximum absolute atomic E-state index is 13.4. The molecule has 1 aliphatic heterocycles. The summed E-state index contributed by atoms with van der Waals surface area (Å²) in [6, 6.07) is 10.7. The molecule has 0 aliphatic carbocycles. The summed E-state index contributed by atoms with van der Waals surface area (Å²) in [7, 11) is 1.77. The second-order valence-electron chi connectivity index (χ2n) is 7.73. The van der Waals surface area contributed by atoms with Gasteiger partial charge in [-0.25, -0.2) is 9.37 Å². The van der Waals surface area contributed by atoms with Crippen molar-refractivity contribution in [3.63, 3.8) is 0 Å². The molecule has 2 unspecified atom stereocenters. The highest BCUT2D eigenvalue weighted by atomic mass is 127. The molecule has 0 radical (unpaired) electrons. The SMILES string of the molecule is CN=C(NCc1cccnc1Oc1cccc(F)c1)NC1CN(C(C)C)CC1C.I. The number of rotatable bonds is 6. The first kappa shape index (κ1) is 24.3. The topological polar surface area (TPSA) is 61.8 Å². The lowest BCUT2D eigenvalue weighted by molar-refractivity contribution is 0.265. The Hall–Kier alpha value is -1.94. The highest BCUT2D eigenvalue weighted by molar-refractivity contribution is 14.0. The molecule has 1 aliphatic rings. The summed E-state index contributed by atoms with van der Waals surface area (Å²) in [5, 5.41) is 6.87. The van der Waals surface area contributed by atoms with Crippen LogP contribution in [0, 0.1) is 11.7 Å². The molecule has 3 rings (SSSR count). The van der Waals surface area contributed by atoms with E-state index in [2.05, 4.69) is 46.3 Å². The Morgan fingerprint density at radius 2 is 2.10 bits per heavy atom. The highest BCUT2D eigenvalue weighted by Gasteiger charge is 2.31. The van der Waals surface area contributed by atoms with Crippen LogP contribution in [0.15, 0.2) is 47.6 Å². The standard InChI is InChI=1S/C22H30FN5O.HI/c1-15(2)28-13-16(3)20(14-28)27-22(24-4)26-12-17-7-6-10-25-21(17)29-19-9-5-8-18(23)11-19;/h5-11,15-16,20H,12-14H2,1-4H3,(H2,24,26,27);1H. The maximum Gasteiger partial charge on any atom is 0.224 e. The van der Waals surface area contributed by atoms with E-state index in [1.54, 1.807) is 25.4 Å². The molecule has 2 aromatic rings. The van der Waals surface area contributed by atoms with Crippen molar-refractivity contribution in [3.8, 4) is 11.6 Å². The third-order valence-electron chi connectivity index (χ3n) is 5.22. The minimum Gasteiger partial charge on any atom is -0.439 e. The van der Waals surface area contributed by atoms with Crippen LogP contribution in [0.3, 0.4) is 0 Å². The van der Waals surface area contributed by atoms with Gasteiger partial charge in [0.1, 0.15) is 11.6 Å². The Morgan fingerprint density at radius 3 is 2.77 bits per heavy atom. The smallest absolute Gasteiger partial charge is 0.224 e. The highest BCUT2D eigenvalue weighted by Crippen LogP contribution is 2.23. The molecule has 8 heteroatoms. The third-order valence-corrected chi connectivity index (χ3v) is 5.22. The predicted octanol–water partition coefficient (Wildman–Crippen LogP) is 4.02. The van der Waals surface area contributed by atoms with E-state index in [0.717, 1.165) is 24.6 Å². The molecule has 0 spiro atoms. The van der Waals surface area contributed by atoms with Gasteiger partial charge in [-0.05, 0) is 38.0 Å². The summed E-state index contributed by atoms with van der Waals surface area (Å²) in [4.78, 5) is 11.1. The monoisotopic (exact) mass is 527 g/mol. The van der Waals surface area contributed by atoms with Gasteiger partial charge in [0.05, 0.1) is 0 Å². The fourth-order valence-corrected chi connectivity index (χ4v) is 3.46. The Bertz CT molecular complexity index is 848. The van der Waals surface area contributed by atoms with Crippen molar-refractivity contribution in [1.29, 1.82) is 0 Å². The minimum absolute atomic E-state index is 0. The van der Waals surface area contributed by atoms with Crippen LogP contribution in [-0.2, 0) is 6.54 Å². The molecule has 0 amide bonds. The molecule has 1 fully saturated rings. The fraction of sp³-hybridized carbons (Fsp3) is 0.455. The van der Waals surface area contributed by atoms with Crippen molar-refractivity contribution >= 4 is 29.9 Å². The second-order valence-corrected chi connectivity index (χ2v) is 7.73. The lowest BCUT2D eigenvalue weighted by atomic mass is 10.1. The van der Waals surface area contributed by atoms with Crippen LogP contribution in [0.2, 0.25) is 0 Å². The number of halogens is 2. The summed E-state index contributed by atoms with van der Waals surface area (Å²) >= 11 is 0. The number of guanidine groups is 1. The number of likely N-dealkylation sites (tertiary alicyclic amines) is 1. The van der Waals surface area contributed by atoms with E-state index < -0.39 is 0 Å². The molecular weight excluding hydrogens is 496 g/mol. The molecule has 2 heterocycles. The van der Waals surface area contributed by atoms with Crippen molar-refractivity contribution in [1.82, 2.24) is 20.5 Å². The lowest BCUT2D eigenvalue weighted by Crippen LogP contribution is -2.46. The molecule has 1 aromatic carbocycles. The first-order chi connectivity index (χ1) is 14.0. The average Bonchev–Trinajstić information content (AvgIpc) is 3.07. The van der Waals surface area contributed by atoms with E-state index in [9.17, 15) is 4.39 Å². The van der Waals surface area contributed by atoms with Crippen molar-refractivity contribution in [3.05, 3.63) is 54.0 Å². The normalized spacial score (nSPS) is 19.5. The van der Waals surface area contributed by atoms with Crippen molar-refractivity contribution < 1.29 is 9.13 Å². The number of aliphatic imine (C=N–C) groups is 1. The summed E-state index contributed by atoms with van der Waals surface area (Å²) in [5.74, 6) is 1.81. The molecule has 0 saturated carbocycles. The largest absolute Gasteiger partial charge is 0.439 e. The summed E-state index contributed by atoms with van der Waals surface area (Å²) in [6.07, 6.45) is 1.66. The number of pyridine rings is 1. The van der Waals surface area contributed by atoms with Gasteiger partial charge in [-0.15, -0.1) is 24.0 Å². The zero-order valence-corrected chi connectivity index (χ0v) is 20.3. The third kappa shape index (κ3) is 6.53. The summed E-state index contributed by atoms with van der Waals surface area (Å²) in [5.41, 5.74) is 0.864. The molecule has 0 bridgehead atoms. The lowest BCUT2D eigenvalue weighted by Gasteiger charge is -2.22. The van der Waals surface area contributed by atoms with Crippen LogP contribution < -0.4 is 15.4 Å². The van der Waals surface area contributed by atoms with Crippen LogP contribution in [0.5, 0.6) is 11.6 Å². The number of nitrogens with zero attached hydrogens (tertiary/aromatic N) is 3. The minimum atomic E-state index is -0.344. The summed E-state index contributed by atoms with van der Waals surface area (Å²) < 4.78 is 19.2. The van der Waals surface area contributed by atoms with Gasteiger partial charge >= 0.3 is 0 Å². The van der Waals surface area contributed by atoms with E-state index in [-0.39, 0.29) is 29.8 Å². The quantitative estimate of drug-likeness (QED) is 0.338. The van der Waals surface area contributed by atoms with Gasteiger partial charge in [-0.3, -0.25) is 9.89 Å². The molecule has 164 valence electrons.